The van der Waals surface area contributed by atoms with Crippen molar-refractivity contribution in [3.8, 4) is 0 Å². The van der Waals surface area contributed by atoms with E-state index in [1.54, 1.807) is 17.0 Å². The molecule has 0 N–H and O–H groups in total. The van der Waals surface area contributed by atoms with Gasteiger partial charge in [0.2, 0.25) is 5.91 Å². The number of halogens is 1. The normalized spacial score (nSPS) is 26.3. The van der Waals surface area contributed by atoms with Gasteiger partial charge in [0, 0.05) is 52.0 Å². The van der Waals surface area contributed by atoms with Gasteiger partial charge in [-0.05, 0) is 25.0 Å². The summed E-state index contributed by atoms with van der Waals surface area (Å²) in [4.78, 5) is 36.0. The van der Waals surface area contributed by atoms with Crippen molar-refractivity contribution in [1.29, 1.82) is 0 Å². The third kappa shape index (κ3) is 3.81. The number of carbonyl (C=O) groups is 2. The van der Waals surface area contributed by atoms with Crippen molar-refractivity contribution < 1.29 is 14.3 Å². The lowest BCUT2D eigenvalue weighted by Crippen LogP contribution is -2.44. The first kappa shape index (κ1) is 18.7. The van der Waals surface area contributed by atoms with Crippen molar-refractivity contribution in [2.45, 2.75) is 12.8 Å². The summed E-state index contributed by atoms with van der Waals surface area (Å²) in [5, 5.41) is 0.506. The fraction of sp³-hybridized carbons (Fsp3) is 0.632. The highest BCUT2D eigenvalue weighted by Crippen LogP contribution is 2.41. The summed E-state index contributed by atoms with van der Waals surface area (Å²) < 4.78 is 5.37. The van der Waals surface area contributed by atoms with Crippen molar-refractivity contribution in [2.24, 2.45) is 5.41 Å². The molecule has 1 unspecified atom stereocenters. The van der Waals surface area contributed by atoms with Gasteiger partial charge in [-0.1, -0.05) is 11.6 Å². The molecule has 0 saturated carbocycles. The molecule has 1 spiro atoms. The molecule has 27 heavy (non-hydrogen) atoms. The maximum absolute atomic E-state index is 13.1. The minimum atomic E-state index is -0.410. The molecule has 0 aromatic carbocycles. The van der Waals surface area contributed by atoms with E-state index in [9.17, 15) is 9.59 Å². The molecule has 2 amide bonds. The number of nitrogens with zero attached hydrogens (tertiary/aromatic N) is 4. The Bertz CT molecular complexity index is 707. The molecular formula is C19H25ClN4O3. The smallest absolute Gasteiger partial charge is 0.272 e. The number of hydrogen-bond acceptors (Lipinski definition) is 5. The Morgan fingerprint density at radius 1 is 1.15 bits per heavy atom. The van der Waals surface area contributed by atoms with E-state index in [1.165, 1.54) is 6.20 Å². The predicted molar refractivity (Wildman–Crippen MR) is 101 cm³/mol. The van der Waals surface area contributed by atoms with Gasteiger partial charge in [-0.15, -0.1) is 0 Å². The van der Waals surface area contributed by atoms with Crippen molar-refractivity contribution in [3.63, 3.8) is 0 Å². The monoisotopic (exact) mass is 392 g/mol. The zero-order valence-electron chi connectivity index (χ0n) is 15.4. The van der Waals surface area contributed by atoms with Crippen LogP contribution >= 0.6 is 11.6 Å². The summed E-state index contributed by atoms with van der Waals surface area (Å²) in [6.07, 6.45) is 3.04. The van der Waals surface area contributed by atoms with Crippen LogP contribution in [0.1, 0.15) is 23.3 Å². The van der Waals surface area contributed by atoms with Crippen molar-refractivity contribution in [3.05, 3.63) is 29.0 Å². The van der Waals surface area contributed by atoms with Gasteiger partial charge >= 0.3 is 0 Å². The van der Waals surface area contributed by atoms with E-state index < -0.39 is 5.41 Å². The van der Waals surface area contributed by atoms with Gasteiger partial charge in [0.1, 0.15) is 5.69 Å². The fourth-order valence-corrected chi connectivity index (χ4v) is 4.39. The van der Waals surface area contributed by atoms with Gasteiger partial charge < -0.3 is 14.5 Å². The van der Waals surface area contributed by atoms with Crippen LogP contribution < -0.4 is 0 Å². The van der Waals surface area contributed by atoms with Crippen molar-refractivity contribution in [2.75, 3.05) is 59.0 Å². The van der Waals surface area contributed by atoms with Crippen LogP contribution in [0.15, 0.2) is 18.3 Å². The molecule has 4 rings (SSSR count). The zero-order chi connectivity index (χ0) is 18.9. The third-order valence-electron chi connectivity index (χ3n) is 5.98. The van der Waals surface area contributed by atoms with E-state index in [2.05, 4.69) is 9.88 Å². The second-order valence-electron chi connectivity index (χ2n) is 7.61. The second-order valence-corrected chi connectivity index (χ2v) is 8.05. The Balaban J connectivity index is 1.35. The molecule has 0 aliphatic carbocycles. The molecule has 1 atom stereocenters. The lowest BCUT2D eigenvalue weighted by molar-refractivity contribution is -0.135. The molecule has 1 aromatic rings. The Labute approximate surface area is 164 Å². The van der Waals surface area contributed by atoms with E-state index in [0.29, 0.717) is 23.8 Å². The molecule has 4 heterocycles. The van der Waals surface area contributed by atoms with E-state index in [0.717, 1.165) is 58.8 Å². The number of hydrogen-bond donors (Lipinski definition) is 0. The highest BCUT2D eigenvalue weighted by molar-refractivity contribution is 6.30. The lowest BCUT2D eigenvalue weighted by Gasteiger charge is -2.29. The van der Waals surface area contributed by atoms with Crippen LogP contribution in [0, 0.1) is 5.41 Å². The second kappa shape index (κ2) is 7.73. The first-order valence-corrected chi connectivity index (χ1v) is 9.96. The minimum absolute atomic E-state index is 0.122. The first-order chi connectivity index (χ1) is 13.1. The Morgan fingerprint density at radius 3 is 2.67 bits per heavy atom. The molecular weight excluding hydrogens is 368 g/mol. The Kier molecular flexibility index (Phi) is 5.34. The molecule has 3 aliphatic heterocycles. The SMILES string of the molecule is O=C(c1ccc(Cl)cn1)N1CCC2(CCN(CCN3CCOCC3)C2=O)C1. The average molecular weight is 393 g/mol. The third-order valence-corrected chi connectivity index (χ3v) is 6.20. The van der Waals surface area contributed by atoms with Gasteiger partial charge in [0.05, 0.1) is 23.7 Å². The number of amides is 2. The van der Waals surface area contributed by atoms with Gasteiger partial charge in [0.25, 0.3) is 5.91 Å². The number of aromatic nitrogens is 1. The van der Waals surface area contributed by atoms with Crippen molar-refractivity contribution >= 4 is 23.4 Å². The van der Waals surface area contributed by atoms with Gasteiger partial charge in [0.15, 0.2) is 0 Å². The van der Waals surface area contributed by atoms with Crippen LogP contribution in [0.25, 0.3) is 0 Å². The zero-order valence-corrected chi connectivity index (χ0v) is 16.2. The van der Waals surface area contributed by atoms with Crippen LogP contribution in [0.5, 0.6) is 0 Å². The topological polar surface area (TPSA) is 66.0 Å². The largest absolute Gasteiger partial charge is 0.379 e. The summed E-state index contributed by atoms with van der Waals surface area (Å²) in [6, 6.07) is 3.31. The van der Waals surface area contributed by atoms with Gasteiger partial charge in [-0.2, -0.15) is 0 Å². The average Bonchev–Trinajstić information content (AvgIpc) is 3.26. The first-order valence-electron chi connectivity index (χ1n) is 9.58. The maximum Gasteiger partial charge on any atom is 0.272 e. The van der Waals surface area contributed by atoms with Crippen LogP contribution in [0.4, 0.5) is 0 Å². The Hall–Kier alpha value is -1.70. The predicted octanol–water partition coefficient (Wildman–Crippen LogP) is 1.13. The van der Waals surface area contributed by atoms with Crippen LogP contribution in [-0.4, -0.2) is 90.5 Å². The Morgan fingerprint density at radius 2 is 1.93 bits per heavy atom. The number of morpholine rings is 1. The summed E-state index contributed by atoms with van der Waals surface area (Å²) in [5.41, 5.74) is -0.0290. The molecule has 7 nitrogen and oxygen atoms in total. The molecule has 8 heteroatoms. The van der Waals surface area contributed by atoms with Crippen LogP contribution in [0.2, 0.25) is 5.02 Å². The van der Waals surface area contributed by atoms with Crippen molar-refractivity contribution in [1.82, 2.24) is 19.7 Å². The van der Waals surface area contributed by atoms with Gasteiger partial charge in [-0.25, -0.2) is 4.98 Å². The summed E-state index contributed by atoms with van der Waals surface area (Å²) in [5.74, 6) is 0.0817. The molecule has 3 saturated heterocycles. The lowest BCUT2D eigenvalue weighted by atomic mass is 9.85. The molecule has 146 valence electrons. The quantitative estimate of drug-likeness (QED) is 0.768. The molecule has 3 fully saturated rings. The highest BCUT2D eigenvalue weighted by Gasteiger charge is 2.51. The number of ether oxygens (including phenoxy) is 1. The highest BCUT2D eigenvalue weighted by atomic mass is 35.5. The van der Waals surface area contributed by atoms with E-state index >= 15 is 0 Å². The molecule has 1 aromatic heterocycles. The minimum Gasteiger partial charge on any atom is -0.379 e. The summed E-state index contributed by atoms with van der Waals surface area (Å²) >= 11 is 5.85. The fourth-order valence-electron chi connectivity index (χ4n) is 4.28. The number of likely N-dealkylation sites (tertiary alicyclic amines) is 2. The van der Waals surface area contributed by atoms with Crippen LogP contribution in [0.3, 0.4) is 0 Å². The summed E-state index contributed by atoms with van der Waals surface area (Å²) in [6.45, 7) is 6.93. The van der Waals surface area contributed by atoms with E-state index in [-0.39, 0.29) is 11.8 Å². The summed E-state index contributed by atoms with van der Waals surface area (Å²) in [7, 11) is 0. The maximum atomic E-state index is 13.1. The van der Waals surface area contributed by atoms with Gasteiger partial charge in [-0.3, -0.25) is 14.5 Å². The molecule has 3 aliphatic rings. The van der Waals surface area contributed by atoms with E-state index in [4.69, 9.17) is 16.3 Å². The standard InChI is InChI=1S/C19H25ClN4O3/c20-15-1-2-16(21-13-15)17(25)24-6-4-19(14-24)3-5-23(18(19)26)8-7-22-9-11-27-12-10-22/h1-2,13H,3-12,14H2. The number of rotatable bonds is 4. The van der Waals surface area contributed by atoms with Crippen LogP contribution in [-0.2, 0) is 9.53 Å². The van der Waals surface area contributed by atoms with E-state index in [1.807, 2.05) is 4.90 Å². The molecule has 0 radical (unpaired) electrons. The molecule has 0 bridgehead atoms. The number of pyridine rings is 1. The number of carbonyl (C=O) groups excluding carboxylic acids is 2.